The molecule has 1 heterocycles. The Morgan fingerprint density at radius 3 is 2.55 bits per heavy atom. The van der Waals surface area contributed by atoms with Crippen molar-refractivity contribution in [3.63, 3.8) is 0 Å². The van der Waals surface area contributed by atoms with Gasteiger partial charge >= 0.3 is 0 Å². The summed E-state index contributed by atoms with van der Waals surface area (Å²) in [4.78, 5) is 3.78. The van der Waals surface area contributed by atoms with E-state index >= 15 is 0 Å². The lowest BCUT2D eigenvalue weighted by Gasteiger charge is -2.04. The first-order valence-corrected chi connectivity index (χ1v) is 4.10. The quantitative estimate of drug-likeness (QED) is 0.714. The van der Waals surface area contributed by atoms with Gasteiger partial charge in [0.1, 0.15) is 0 Å². The van der Waals surface area contributed by atoms with Crippen LogP contribution < -0.4 is 0 Å². The Hall–Kier alpha value is -0.260. The molecule has 60 valence electrons. The van der Waals surface area contributed by atoms with Gasteiger partial charge in [-0.05, 0) is 35.6 Å². The lowest BCUT2D eigenvalue weighted by atomic mass is 10.2. The zero-order chi connectivity index (χ0) is 8.43. The second-order valence-electron chi connectivity index (χ2n) is 2.09. The third kappa shape index (κ3) is 1.85. The summed E-state index contributed by atoms with van der Waals surface area (Å²) < 4.78 is 25.1. The van der Waals surface area contributed by atoms with E-state index in [9.17, 15) is 8.78 Å². The Morgan fingerprint density at radius 1 is 1.55 bits per heavy atom. The van der Waals surface area contributed by atoms with E-state index in [2.05, 4.69) is 4.98 Å². The van der Waals surface area contributed by atoms with Crippen molar-refractivity contribution >= 4 is 22.6 Å². The van der Waals surface area contributed by atoms with Crippen LogP contribution in [0.3, 0.4) is 0 Å². The van der Waals surface area contributed by atoms with Crippen LogP contribution in [0.4, 0.5) is 8.78 Å². The van der Waals surface area contributed by atoms with Crippen LogP contribution in [-0.2, 0) is 0 Å². The van der Waals surface area contributed by atoms with E-state index in [-0.39, 0.29) is 5.56 Å². The monoisotopic (exact) mass is 269 g/mol. The third-order valence-corrected chi connectivity index (χ3v) is 2.30. The van der Waals surface area contributed by atoms with Crippen LogP contribution in [0, 0.1) is 10.5 Å². The minimum absolute atomic E-state index is 0.0492. The molecule has 0 bridgehead atoms. The molecule has 0 N–H and O–H groups in total. The molecule has 0 aliphatic rings. The summed E-state index contributed by atoms with van der Waals surface area (Å²) in [5, 5.41) is 0. The fourth-order valence-corrected chi connectivity index (χ4v) is 1.60. The number of pyridine rings is 1. The van der Waals surface area contributed by atoms with Gasteiger partial charge in [0.2, 0.25) is 0 Å². The molecule has 0 fully saturated rings. The number of aromatic nitrogens is 1. The Labute approximate surface area is 77.0 Å². The highest BCUT2D eigenvalue weighted by Crippen LogP contribution is 2.25. The van der Waals surface area contributed by atoms with Gasteiger partial charge in [-0.3, -0.25) is 4.98 Å². The number of halogens is 3. The first-order valence-electron chi connectivity index (χ1n) is 3.02. The second-order valence-corrected chi connectivity index (χ2v) is 3.25. The molecule has 0 aromatic carbocycles. The molecule has 0 spiro atoms. The Balaban J connectivity index is 3.21. The van der Waals surface area contributed by atoms with Gasteiger partial charge in [-0.15, -0.1) is 0 Å². The van der Waals surface area contributed by atoms with Crippen LogP contribution in [0.2, 0.25) is 0 Å². The minimum Gasteiger partial charge on any atom is -0.261 e. The maximum absolute atomic E-state index is 12.2. The molecule has 11 heavy (non-hydrogen) atoms. The maximum atomic E-state index is 12.2. The highest BCUT2D eigenvalue weighted by molar-refractivity contribution is 14.1. The van der Waals surface area contributed by atoms with E-state index in [4.69, 9.17) is 0 Å². The maximum Gasteiger partial charge on any atom is 0.266 e. The Kier molecular flexibility index (Phi) is 2.75. The number of hydrogen-bond acceptors (Lipinski definition) is 1. The Bertz CT molecular complexity index is 242. The summed E-state index contributed by atoms with van der Waals surface area (Å²) in [6.07, 6.45) is -0.890. The normalized spacial score (nSPS) is 10.6. The molecule has 1 nitrogen and oxygen atoms in total. The number of aryl methyl sites for hydroxylation is 1. The molecule has 1 aromatic rings. The molecular weight excluding hydrogens is 263 g/mol. The van der Waals surface area contributed by atoms with Crippen molar-refractivity contribution in [1.29, 1.82) is 0 Å². The summed E-state index contributed by atoms with van der Waals surface area (Å²) in [6.45, 7) is 1.59. The van der Waals surface area contributed by atoms with E-state index in [0.717, 1.165) is 0 Å². The van der Waals surface area contributed by atoms with E-state index in [1.165, 1.54) is 6.20 Å². The van der Waals surface area contributed by atoms with Crippen LogP contribution >= 0.6 is 22.6 Å². The number of rotatable bonds is 1. The highest BCUT2D eigenvalue weighted by atomic mass is 127. The molecular formula is C7H6F2IN. The summed E-state index contributed by atoms with van der Waals surface area (Å²) >= 11 is 1.88. The fraction of sp³-hybridized carbons (Fsp3) is 0.286. The van der Waals surface area contributed by atoms with Gasteiger partial charge in [0, 0.05) is 15.5 Å². The predicted molar refractivity (Wildman–Crippen MR) is 46.6 cm³/mol. The molecule has 0 saturated carbocycles. The van der Waals surface area contributed by atoms with Crippen LogP contribution in [-0.4, -0.2) is 4.98 Å². The Morgan fingerprint density at radius 2 is 2.18 bits per heavy atom. The van der Waals surface area contributed by atoms with Gasteiger partial charge in [-0.1, -0.05) is 0 Å². The summed E-state index contributed by atoms with van der Waals surface area (Å²) in [7, 11) is 0. The smallest absolute Gasteiger partial charge is 0.261 e. The van der Waals surface area contributed by atoms with Crippen molar-refractivity contribution in [2.75, 3.05) is 0 Å². The molecule has 0 unspecified atom stereocenters. The largest absolute Gasteiger partial charge is 0.266 e. The van der Waals surface area contributed by atoms with Gasteiger partial charge < -0.3 is 0 Å². The summed E-state index contributed by atoms with van der Waals surface area (Å²) in [6, 6.07) is 1.58. The van der Waals surface area contributed by atoms with E-state index in [1.54, 1.807) is 13.0 Å². The molecule has 1 rings (SSSR count). The fourth-order valence-electron chi connectivity index (χ4n) is 0.809. The van der Waals surface area contributed by atoms with Crippen molar-refractivity contribution in [2.45, 2.75) is 13.3 Å². The molecule has 0 amide bonds. The lowest BCUT2D eigenvalue weighted by molar-refractivity contribution is 0.149. The van der Waals surface area contributed by atoms with Gasteiger partial charge in [-0.25, -0.2) is 8.78 Å². The first kappa shape index (κ1) is 8.83. The van der Waals surface area contributed by atoms with Gasteiger partial charge in [0.05, 0.1) is 5.56 Å². The number of nitrogens with zero attached hydrogens (tertiary/aromatic N) is 1. The molecule has 0 radical (unpaired) electrons. The standard InChI is InChI=1S/C7H6F2IN/c1-4-6(7(8)9)5(10)2-3-11-4/h2-3,7H,1H3. The SMILES string of the molecule is Cc1nccc(I)c1C(F)F. The first-order chi connectivity index (χ1) is 5.13. The number of alkyl halides is 2. The number of hydrogen-bond donors (Lipinski definition) is 0. The second kappa shape index (κ2) is 3.42. The van der Waals surface area contributed by atoms with Crippen LogP contribution in [0.5, 0.6) is 0 Å². The molecule has 0 aliphatic carbocycles. The minimum atomic E-state index is -2.42. The van der Waals surface area contributed by atoms with E-state index < -0.39 is 6.43 Å². The zero-order valence-electron chi connectivity index (χ0n) is 5.81. The molecule has 0 atom stereocenters. The van der Waals surface area contributed by atoms with Crippen molar-refractivity contribution in [2.24, 2.45) is 0 Å². The van der Waals surface area contributed by atoms with E-state index in [1.807, 2.05) is 22.6 Å². The molecule has 0 saturated heterocycles. The van der Waals surface area contributed by atoms with Crippen molar-refractivity contribution in [3.05, 3.63) is 27.1 Å². The van der Waals surface area contributed by atoms with Crippen molar-refractivity contribution < 1.29 is 8.78 Å². The van der Waals surface area contributed by atoms with Crippen LogP contribution in [0.15, 0.2) is 12.3 Å². The zero-order valence-corrected chi connectivity index (χ0v) is 7.97. The predicted octanol–water partition coefficient (Wildman–Crippen LogP) is 2.93. The van der Waals surface area contributed by atoms with E-state index in [0.29, 0.717) is 9.26 Å². The molecule has 1 aromatic heterocycles. The van der Waals surface area contributed by atoms with Crippen LogP contribution in [0.25, 0.3) is 0 Å². The van der Waals surface area contributed by atoms with Gasteiger partial charge in [0.15, 0.2) is 0 Å². The van der Waals surface area contributed by atoms with Crippen LogP contribution in [0.1, 0.15) is 17.7 Å². The molecule has 0 aliphatic heterocycles. The average Bonchev–Trinajstić information content (AvgIpc) is 1.85. The third-order valence-electron chi connectivity index (χ3n) is 1.35. The highest BCUT2D eigenvalue weighted by Gasteiger charge is 2.14. The topological polar surface area (TPSA) is 12.9 Å². The van der Waals surface area contributed by atoms with Crippen molar-refractivity contribution in [1.82, 2.24) is 4.98 Å². The summed E-state index contributed by atoms with van der Waals surface area (Å²) in [5.74, 6) is 0. The van der Waals surface area contributed by atoms with Crippen molar-refractivity contribution in [3.8, 4) is 0 Å². The lowest BCUT2D eigenvalue weighted by Crippen LogP contribution is -1.95. The average molecular weight is 269 g/mol. The molecule has 4 heteroatoms. The van der Waals surface area contributed by atoms with Gasteiger partial charge in [-0.2, -0.15) is 0 Å². The van der Waals surface area contributed by atoms with Gasteiger partial charge in [0.25, 0.3) is 6.43 Å². The summed E-state index contributed by atoms with van der Waals surface area (Å²) in [5.41, 5.74) is 0.458.